The molecule has 2 unspecified atom stereocenters. The Morgan fingerprint density at radius 2 is 1.91 bits per heavy atom. The van der Waals surface area contributed by atoms with E-state index >= 15 is 0 Å². The molecule has 3 aliphatic rings. The van der Waals surface area contributed by atoms with Crippen molar-refractivity contribution in [2.75, 3.05) is 0 Å². The summed E-state index contributed by atoms with van der Waals surface area (Å²) >= 11 is 0. The molecule has 1 nitrogen and oxygen atoms in total. The zero-order valence-electron chi connectivity index (χ0n) is 13.1. The van der Waals surface area contributed by atoms with Gasteiger partial charge in [0.25, 0.3) is 0 Å². The van der Waals surface area contributed by atoms with E-state index in [4.69, 9.17) is 0 Å². The third-order valence-electron chi connectivity index (χ3n) is 5.01. The lowest BCUT2D eigenvalue weighted by molar-refractivity contribution is 0.606. The van der Waals surface area contributed by atoms with Crippen LogP contribution in [-0.4, -0.2) is 6.04 Å². The normalized spacial score (nSPS) is 27.6. The zero-order valence-corrected chi connectivity index (χ0v) is 13.1. The van der Waals surface area contributed by atoms with E-state index in [9.17, 15) is 0 Å². The van der Waals surface area contributed by atoms with E-state index in [1.165, 1.54) is 35.1 Å². The number of hydrogen-bond acceptors (Lipinski definition) is 1. The number of benzene rings is 1. The molecular weight excluding hydrogens is 266 g/mol. The Bertz CT molecular complexity index is 671. The van der Waals surface area contributed by atoms with Gasteiger partial charge in [0, 0.05) is 0 Å². The topological polar surface area (TPSA) is 12.0 Å². The van der Waals surface area contributed by atoms with Crippen LogP contribution in [0.15, 0.2) is 72.0 Å². The number of allylic oxidation sites excluding steroid dienone is 5. The number of hydrogen-bond donors (Lipinski definition) is 1. The van der Waals surface area contributed by atoms with Crippen molar-refractivity contribution in [1.29, 1.82) is 0 Å². The maximum Gasteiger partial charge on any atom is 0.0664 e. The Labute approximate surface area is 133 Å². The summed E-state index contributed by atoms with van der Waals surface area (Å²) in [7, 11) is 0. The summed E-state index contributed by atoms with van der Waals surface area (Å²) in [5.74, 6) is 1.43. The molecule has 0 radical (unpaired) electrons. The van der Waals surface area contributed by atoms with Crippen LogP contribution in [0.4, 0.5) is 0 Å². The van der Waals surface area contributed by atoms with Crippen molar-refractivity contribution >= 4 is 5.57 Å². The minimum absolute atomic E-state index is 0.364. The van der Waals surface area contributed by atoms with Gasteiger partial charge in [0.2, 0.25) is 0 Å². The Hall–Kier alpha value is -2.02. The zero-order chi connectivity index (χ0) is 14.9. The number of nitrogens with one attached hydrogen (secondary N) is 1. The average Bonchev–Trinajstić information content (AvgIpc) is 3.41. The fourth-order valence-electron chi connectivity index (χ4n) is 3.47. The molecule has 1 saturated carbocycles. The van der Waals surface area contributed by atoms with Gasteiger partial charge < -0.3 is 5.32 Å². The highest BCUT2D eigenvalue weighted by molar-refractivity contribution is 5.76. The van der Waals surface area contributed by atoms with Crippen LogP contribution in [0.5, 0.6) is 0 Å². The van der Waals surface area contributed by atoms with Crippen molar-refractivity contribution in [1.82, 2.24) is 5.32 Å². The van der Waals surface area contributed by atoms with E-state index in [1.54, 1.807) is 0 Å². The van der Waals surface area contributed by atoms with Crippen molar-refractivity contribution < 1.29 is 0 Å². The molecule has 0 bridgehead atoms. The molecule has 1 aliphatic heterocycles. The molecule has 2 atom stereocenters. The molecule has 2 aliphatic carbocycles. The molecule has 4 rings (SSSR count). The van der Waals surface area contributed by atoms with E-state index in [0.29, 0.717) is 12.0 Å². The minimum atomic E-state index is 0.364. The quantitative estimate of drug-likeness (QED) is 0.838. The van der Waals surface area contributed by atoms with Gasteiger partial charge in [-0.2, -0.15) is 0 Å². The number of rotatable bonds is 3. The van der Waals surface area contributed by atoms with E-state index in [0.717, 1.165) is 12.3 Å². The lowest BCUT2D eigenvalue weighted by Gasteiger charge is -2.29. The molecule has 0 amide bonds. The molecule has 1 fully saturated rings. The molecular formula is C21H23N. The van der Waals surface area contributed by atoms with Crippen LogP contribution in [-0.2, 0) is 0 Å². The standard InChI is InChI=1S/C21H23N/c1-15-7-8-18(16-5-3-2-4-6-16)13-20(15)21-14-19(11-12-22-21)17-9-10-17/h2-6,8,11-15,17,21-22H,7,9-10H2,1H3. The second kappa shape index (κ2) is 5.64. The first-order valence-corrected chi connectivity index (χ1v) is 8.42. The maximum atomic E-state index is 3.55. The highest BCUT2D eigenvalue weighted by atomic mass is 14.9. The van der Waals surface area contributed by atoms with Crippen LogP contribution < -0.4 is 5.32 Å². The van der Waals surface area contributed by atoms with Crippen molar-refractivity contribution in [3.05, 3.63) is 77.5 Å². The highest BCUT2D eigenvalue weighted by Crippen LogP contribution is 2.39. The predicted molar refractivity (Wildman–Crippen MR) is 93.2 cm³/mol. The summed E-state index contributed by atoms with van der Waals surface area (Å²) in [5, 5.41) is 3.55. The van der Waals surface area contributed by atoms with Crippen LogP contribution >= 0.6 is 0 Å². The second-order valence-electron chi connectivity index (χ2n) is 6.73. The Kier molecular flexibility index (Phi) is 3.49. The van der Waals surface area contributed by atoms with Crippen LogP contribution in [0.2, 0.25) is 0 Å². The summed E-state index contributed by atoms with van der Waals surface area (Å²) in [5.41, 5.74) is 5.74. The van der Waals surface area contributed by atoms with Gasteiger partial charge in [0.15, 0.2) is 0 Å². The molecule has 112 valence electrons. The van der Waals surface area contributed by atoms with Gasteiger partial charge in [-0.3, -0.25) is 0 Å². The third-order valence-corrected chi connectivity index (χ3v) is 5.01. The van der Waals surface area contributed by atoms with Gasteiger partial charge in [-0.15, -0.1) is 0 Å². The van der Waals surface area contributed by atoms with Gasteiger partial charge in [-0.25, -0.2) is 0 Å². The lowest BCUT2D eigenvalue weighted by atomic mass is 9.82. The first-order chi connectivity index (χ1) is 10.8. The van der Waals surface area contributed by atoms with Gasteiger partial charge in [-0.1, -0.05) is 55.5 Å². The molecule has 22 heavy (non-hydrogen) atoms. The summed E-state index contributed by atoms with van der Waals surface area (Å²) in [6, 6.07) is 11.1. The Balaban J connectivity index is 1.63. The Morgan fingerprint density at radius 1 is 1.09 bits per heavy atom. The van der Waals surface area contributed by atoms with Gasteiger partial charge in [0.05, 0.1) is 6.04 Å². The van der Waals surface area contributed by atoms with Crippen molar-refractivity contribution in [3.8, 4) is 0 Å². The van der Waals surface area contributed by atoms with Crippen LogP contribution in [0.25, 0.3) is 5.57 Å². The predicted octanol–water partition coefficient (Wildman–Crippen LogP) is 4.86. The summed E-state index contributed by atoms with van der Waals surface area (Å²) in [6.45, 7) is 2.34. The van der Waals surface area contributed by atoms with E-state index < -0.39 is 0 Å². The lowest BCUT2D eigenvalue weighted by Crippen LogP contribution is -2.30. The van der Waals surface area contributed by atoms with Gasteiger partial charge >= 0.3 is 0 Å². The fraction of sp³-hybridized carbons (Fsp3) is 0.333. The maximum absolute atomic E-state index is 3.55. The molecule has 1 N–H and O–H groups in total. The fourth-order valence-corrected chi connectivity index (χ4v) is 3.47. The molecule has 0 aromatic heterocycles. The van der Waals surface area contributed by atoms with Gasteiger partial charge in [0.1, 0.15) is 0 Å². The summed E-state index contributed by atoms with van der Waals surface area (Å²) in [6.07, 6.45) is 15.5. The Morgan fingerprint density at radius 3 is 2.68 bits per heavy atom. The van der Waals surface area contributed by atoms with Crippen LogP contribution in [0, 0.1) is 11.8 Å². The van der Waals surface area contributed by atoms with E-state index in [-0.39, 0.29) is 0 Å². The largest absolute Gasteiger partial charge is 0.381 e. The van der Waals surface area contributed by atoms with Gasteiger partial charge in [-0.05, 0) is 65.7 Å². The summed E-state index contributed by atoms with van der Waals surface area (Å²) < 4.78 is 0. The van der Waals surface area contributed by atoms with E-state index in [1.807, 2.05) is 0 Å². The van der Waals surface area contributed by atoms with Crippen LogP contribution in [0.1, 0.15) is 31.7 Å². The monoisotopic (exact) mass is 289 g/mol. The number of dihydropyridines is 1. The van der Waals surface area contributed by atoms with Crippen molar-refractivity contribution in [2.24, 2.45) is 11.8 Å². The molecule has 1 aromatic rings. The molecule has 1 heterocycles. The first kappa shape index (κ1) is 13.6. The minimum Gasteiger partial charge on any atom is -0.381 e. The van der Waals surface area contributed by atoms with E-state index in [2.05, 4.69) is 73.1 Å². The average molecular weight is 289 g/mol. The third kappa shape index (κ3) is 2.68. The molecule has 1 aromatic carbocycles. The highest BCUT2D eigenvalue weighted by Gasteiger charge is 2.28. The molecule has 1 heteroatoms. The first-order valence-electron chi connectivity index (χ1n) is 8.42. The summed E-state index contributed by atoms with van der Waals surface area (Å²) in [4.78, 5) is 0. The molecule has 0 spiro atoms. The van der Waals surface area contributed by atoms with Crippen LogP contribution in [0.3, 0.4) is 0 Å². The molecule has 0 saturated heterocycles. The SMILES string of the molecule is CC1CC=C(c2ccccc2)C=C1C1C=C(C2CC2)C=CN1. The second-order valence-corrected chi connectivity index (χ2v) is 6.73. The smallest absolute Gasteiger partial charge is 0.0664 e. The van der Waals surface area contributed by atoms with Crippen molar-refractivity contribution in [3.63, 3.8) is 0 Å². The van der Waals surface area contributed by atoms with Crippen molar-refractivity contribution in [2.45, 2.75) is 32.2 Å².